The van der Waals surface area contributed by atoms with Crippen molar-refractivity contribution in [1.82, 2.24) is 0 Å². The summed E-state index contributed by atoms with van der Waals surface area (Å²) in [6.07, 6.45) is 0. The second-order valence-corrected chi connectivity index (χ2v) is 23.9. The van der Waals surface area contributed by atoms with Crippen LogP contribution in [0.3, 0.4) is 0 Å². The molecular weight excluding hydrogens is 1110 g/mol. The Morgan fingerprint density at radius 3 is 0.576 bits per heavy atom. The van der Waals surface area contributed by atoms with Crippen molar-refractivity contribution in [3.05, 3.63) is 421 Å². The fraction of sp³-hybridized carbons (Fsp3) is 0.0227. The highest BCUT2D eigenvalue weighted by atomic mass is 15.2. The van der Waals surface area contributed by atoms with Crippen LogP contribution in [0, 0.1) is 0 Å². The summed E-state index contributed by atoms with van der Waals surface area (Å²) in [4.78, 5) is 9.71. The van der Waals surface area contributed by atoms with Gasteiger partial charge in [0.25, 0.3) is 0 Å². The molecule has 0 atom stereocenters. The van der Waals surface area contributed by atoms with E-state index in [1.807, 2.05) is 0 Å². The monoisotopic (exact) mass is 1170 g/mol. The fourth-order valence-electron chi connectivity index (χ4n) is 15.4. The van der Waals surface area contributed by atoms with Crippen molar-refractivity contribution in [3.8, 4) is 11.1 Å². The maximum absolute atomic E-state index is 2.56. The van der Waals surface area contributed by atoms with E-state index >= 15 is 0 Å². The van der Waals surface area contributed by atoms with E-state index in [0.29, 0.717) is 0 Å². The van der Waals surface area contributed by atoms with E-state index in [2.05, 4.69) is 396 Å². The first-order valence-corrected chi connectivity index (χ1v) is 31.7. The van der Waals surface area contributed by atoms with Gasteiger partial charge in [0.1, 0.15) is 0 Å². The lowest BCUT2D eigenvalue weighted by molar-refractivity contribution is 0.808. The number of para-hydroxylation sites is 8. The summed E-state index contributed by atoms with van der Waals surface area (Å²) in [5.41, 5.74) is 25.8. The molecule has 4 nitrogen and oxygen atoms in total. The normalized spacial score (nSPS) is 13.3. The topological polar surface area (TPSA) is 13.0 Å². The molecule has 0 radical (unpaired) electrons. The van der Waals surface area contributed by atoms with Crippen LogP contribution in [0.2, 0.25) is 0 Å². The van der Waals surface area contributed by atoms with Crippen LogP contribution in [-0.4, -0.2) is 0 Å². The predicted octanol–water partition coefficient (Wildman–Crippen LogP) is 23.2. The average Bonchev–Trinajstić information content (AvgIpc) is 1.47. The zero-order valence-electron chi connectivity index (χ0n) is 50.6. The zero-order valence-corrected chi connectivity index (χ0v) is 50.6. The minimum Gasteiger partial charge on any atom is -0.310 e. The minimum absolute atomic E-state index is 0.848. The van der Waals surface area contributed by atoms with E-state index in [0.717, 1.165) is 68.2 Å². The van der Waals surface area contributed by atoms with Crippen molar-refractivity contribution >= 4 is 79.4 Å². The summed E-state index contributed by atoms with van der Waals surface area (Å²) < 4.78 is 0. The average molecular weight is 1180 g/mol. The molecule has 14 aromatic rings. The van der Waals surface area contributed by atoms with Crippen LogP contribution in [0.15, 0.2) is 376 Å². The Morgan fingerprint density at radius 2 is 0.337 bits per heavy atom. The third-order valence-corrected chi connectivity index (χ3v) is 19.0. The zero-order chi connectivity index (χ0) is 61.0. The number of allylic oxidation sites excluding steroid dienone is 2. The number of fused-ring (bicyclic) bond motifs is 11. The van der Waals surface area contributed by atoms with Gasteiger partial charge < -0.3 is 19.6 Å². The van der Waals surface area contributed by atoms with Crippen LogP contribution in [0.4, 0.5) is 68.2 Å². The van der Waals surface area contributed by atoms with Gasteiger partial charge in [0.2, 0.25) is 0 Å². The SMILES string of the molecule is c1ccc(N(c2ccccc2)c2ccc3c(c2)C(c2ccccc2)(c2ccccc2)C2=C3C3(c4cc(N(c5ccccc5)c5ccccc5)ccc42)c2cc(N(c4ccccc4)c4ccccc4)ccc2-c2ccc(N(c4ccccc4)c4ccccc4)cc23)cc1. The molecule has 3 aliphatic carbocycles. The Morgan fingerprint density at radius 1 is 0.152 bits per heavy atom. The first-order chi connectivity index (χ1) is 45.7. The largest absolute Gasteiger partial charge is 0.310 e. The molecule has 1 spiro atoms. The summed E-state index contributed by atoms with van der Waals surface area (Å²) in [6, 6.07) is 139. The fourth-order valence-corrected chi connectivity index (χ4v) is 15.4. The molecule has 0 aliphatic heterocycles. The second-order valence-electron chi connectivity index (χ2n) is 23.9. The number of hydrogen-bond acceptors (Lipinski definition) is 4. The summed E-state index contributed by atoms with van der Waals surface area (Å²) in [5.74, 6) is 0. The minimum atomic E-state index is -0.950. The van der Waals surface area contributed by atoms with E-state index < -0.39 is 10.8 Å². The Balaban J connectivity index is 1.05. The molecule has 0 saturated heterocycles. The van der Waals surface area contributed by atoms with Crippen LogP contribution in [0.1, 0.15) is 44.5 Å². The molecule has 0 saturated carbocycles. The number of hydrogen-bond donors (Lipinski definition) is 0. The Labute approximate surface area is 538 Å². The Kier molecular flexibility index (Phi) is 13.3. The van der Waals surface area contributed by atoms with Crippen molar-refractivity contribution in [3.63, 3.8) is 0 Å². The third kappa shape index (κ3) is 8.60. The Hall–Kier alpha value is -12.0. The van der Waals surface area contributed by atoms with Crippen molar-refractivity contribution in [2.45, 2.75) is 10.8 Å². The van der Waals surface area contributed by atoms with Gasteiger partial charge in [-0.25, -0.2) is 0 Å². The lowest BCUT2D eigenvalue weighted by Gasteiger charge is -2.38. The van der Waals surface area contributed by atoms with E-state index in [9.17, 15) is 0 Å². The molecule has 3 aliphatic rings. The van der Waals surface area contributed by atoms with Crippen LogP contribution in [0.25, 0.3) is 22.3 Å². The highest BCUT2D eigenvalue weighted by Gasteiger charge is 2.62. The molecule has 92 heavy (non-hydrogen) atoms. The van der Waals surface area contributed by atoms with E-state index in [1.54, 1.807) is 0 Å². The molecule has 0 N–H and O–H groups in total. The summed E-state index contributed by atoms with van der Waals surface area (Å²) in [7, 11) is 0. The highest BCUT2D eigenvalue weighted by Crippen LogP contribution is 2.74. The predicted molar refractivity (Wildman–Crippen MR) is 383 cm³/mol. The van der Waals surface area contributed by atoms with Gasteiger partial charge in [0, 0.05) is 68.2 Å². The highest BCUT2D eigenvalue weighted by molar-refractivity contribution is 6.18. The Bertz CT molecular complexity index is 4680. The van der Waals surface area contributed by atoms with Gasteiger partial charge in [-0.05, 0) is 212 Å². The molecule has 0 amide bonds. The maximum Gasteiger partial charge on any atom is 0.0731 e. The van der Waals surface area contributed by atoms with Gasteiger partial charge in [-0.1, -0.05) is 231 Å². The summed E-state index contributed by atoms with van der Waals surface area (Å²) in [5, 5.41) is 0. The van der Waals surface area contributed by atoms with E-state index in [-0.39, 0.29) is 0 Å². The lowest BCUT2D eigenvalue weighted by Crippen LogP contribution is -2.30. The number of rotatable bonds is 14. The van der Waals surface area contributed by atoms with Gasteiger partial charge in [0.15, 0.2) is 0 Å². The lowest BCUT2D eigenvalue weighted by atomic mass is 9.64. The quantitative estimate of drug-likeness (QED) is 0.108. The summed E-state index contributed by atoms with van der Waals surface area (Å²) in [6.45, 7) is 0. The van der Waals surface area contributed by atoms with Crippen molar-refractivity contribution in [2.75, 3.05) is 19.6 Å². The van der Waals surface area contributed by atoms with Gasteiger partial charge in [-0.2, -0.15) is 0 Å². The number of benzene rings is 14. The van der Waals surface area contributed by atoms with Gasteiger partial charge in [-0.3, -0.25) is 0 Å². The molecule has 0 unspecified atom stereocenters. The first-order valence-electron chi connectivity index (χ1n) is 31.7. The summed E-state index contributed by atoms with van der Waals surface area (Å²) >= 11 is 0. The van der Waals surface area contributed by atoms with Crippen LogP contribution >= 0.6 is 0 Å². The molecule has 4 heteroatoms. The van der Waals surface area contributed by atoms with Crippen molar-refractivity contribution in [1.29, 1.82) is 0 Å². The molecule has 14 aromatic carbocycles. The first kappa shape index (κ1) is 54.2. The number of nitrogens with zero attached hydrogens (tertiary/aromatic N) is 4. The molecule has 0 bridgehead atoms. The molecule has 0 fully saturated rings. The van der Waals surface area contributed by atoms with Crippen molar-refractivity contribution in [2.24, 2.45) is 0 Å². The third-order valence-electron chi connectivity index (χ3n) is 19.0. The van der Waals surface area contributed by atoms with E-state index in [4.69, 9.17) is 0 Å². The standard InChI is InChI=1S/C88H62N4/c1-11-31-63(32-12-1)87(64-33-13-2-14-34-64)83-61-75(91(69-43-23-7-24-44-69)70-45-25-8-26-46-70)53-57-79(83)86-85(87)80-58-54-76(92(71-47-27-9-28-48-71)72-49-29-10-30-50-72)62-84(80)88(86)81-59-73(89(65-35-15-3-16-36-65)66-37-17-4-18-38-66)51-55-77(81)78-56-52-74(60-82(78)88)90(67-39-19-5-20-40-67)68-41-21-6-22-42-68/h1-62H. The van der Waals surface area contributed by atoms with Gasteiger partial charge >= 0.3 is 0 Å². The van der Waals surface area contributed by atoms with Crippen LogP contribution in [0.5, 0.6) is 0 Å². The molecule has 17 rings (SSSR count). The van der Waals surface area contributed by atoms with E-state index in [1.165, 1.54) is 66.8 Å². The van der Waals surface area contributed by atoms with Gasteiger partial charge in [-0.15, -0.1) is 0 Å². The van der Waals surface area contributed by atoms with Crippen LogP contribution < -0.4 is 19.6 Å². The maximum atomic E-state index is 2.56. The molecule has 434 valence electrons. The van der Waals surface area contributed by atoms with Crippen molar-refractivity contribution < 1.29 is 0 Å². The molecular formula is C88H62N4. The smallest absolute Gasteiger partial charge is 0.0731 e. The second kappa shape index (κ2) is 22.6. The van der Waals surface area contributed by atoms with Crippen LogP contribution in [-0.2, 0) is 10.8 Å². The van der Waals surface area contributed by atoms with Gasteiger partial charge in [0.05, 0.1) is 10.8 Å². The number of anilines is 12. The molecule has 0 heterocycles. The molecule has 0 aromatic heterocycles.